The minimum absolute atomic E-state index is 0.720. The van der Waals surface area contributed by atoms with Gasteiger partial charge in [0, 0.05) is 11.3 Å². The van der Waals surface area contributed by atoms with Crippen LogP contribution in [0.4, 0.5) is 5.82 Å². The predicted molar refractivity (Wildman–Crippen MR) is 82.1 cm³/mol. The van der Waals surface area contributed by atoms with Crippen molar-refractivity contribution in [3.63, 3.8) is 0 Å². The molecule has 0 saturated carbocycles. The van der Waals surface area contributed by atoms with E-state index in [9.17, 15) is 0 Å². The van der Waals surface area contributed by atoms with Crippen LogP contribution >= 0.6 is 0 Å². The predicted octanol–water partition coefficient (Wildman–Crippen LogP) is 5.02. The van der Waals surface area contributed by atoms with Crippen LogP contribution in [-0.2, 0) is 0 Å². The number of nitrogens with one attached hydrogen (secondary N) is 1. The third-order valence-corrected chi connectivity index (χ3v) is 1.90. The van der Waals surface area contributed by atoms with Gasteiger partial charge in [0.1, 0.15) is 5.82 Å². The van der Waals surface area contributed by atoms with Crippen LogP contribution in [0, 0.1) is 6.92 Å². The average Bonchev–Trinajstić information content (AvgIpc) is 2.59. The smallest absolute Gasteiger partial charge is 0.104 e. The quantitative estimate of drug-likeness (QED) is 0.743. The Labute approximate surface area is 107 Å². The number of nitrogen functional groups attached to an aromatic ring is 1. The molecule has 0 aliphatic heterocycles. The number of hydrogen-bond acceptors (Lipinski definition) is 1. The summed E-state index contributed by atoms with van der Waals surface area (Å²) in [7, 11) is 0. The van der Waals surface area contributed by atoms with E-state index in [4.69, 9.17) is 5.73 Å². The lowest BCUT2D eigenvalue weighted by molar-refractivity contribution is 1.09. The molecular formula is C15H28N2. The number of nitrogens with two attached hydrogens (primary N) is 1. The lowest BCUT2D eigenvalue weighted by atomic mass is 10.1. The molecule has 2 heteroatoms. The fraction of sp³-hybridized carbons (Fsp3) is 0.467. The molecule has 0 unspecified atom stereocenters. The minimum Gasteiger partial charge on any atom is -0.385 e. The topological polar surface area (TPSA) is 41.8 Å². The highest BCUT2D eigenvalue weighted by Gasteiger charge is 2.05. The third-order valence-electron chi connectivity index (χ3n) is 1.90. The number of H-pyrrole nitrogens is 1. The number of aromatic amines is 1. The maximum absolute atomic E-state index is 5.71. The van der Waals surface area contributed by atoms with Gasteiger partial charge in [-0.05, 0) is 25.5 Å². The van der Waals surface area contributed by atoms with E-state index in [-0.39, 0.29) is 0 Å². The Kier molecular flexibility index (Phi) is 11.7. The van der Waals surface area contributed by atoms with Crippen molar-refractivity contribution >= 4 is 18.0 Å². The molecule has 0 aliphatic rings. The van der Waals surface area contributed by atoms with Crippen molar-refractivity contribution in [2.45, 2.75) is 48.0 Å². The van der Waals surface area contributed by atoms with Gasteiger partial charge in [0.25, 0.3) is 0 Å². The Morgan fingerprint density at radius 1 is 1.29 bits per heavy atom. The molecule has 0 fully saturated rings. The second kappa shape index (κ2) is 11.1. The summed E-state index contributed by atoms with van der Waals surface area (Å²) < 4.78 is 0. The van der Waals surface area contributed by atoms with E-state index in [1.165, 1.54) is 6.42 Å². The highest BCUT2D eigenvalue weighted by Crippen LogP contribution is 2.21. The summed E-state index contributed by atoms with van der Waals surface area (Å²) in [6, 6.07) is 0. The molecule has 2 nitrogen and oxygen atoms in total. The zero-order valence-corrected chi connectivity index (χ0v) is 12.2. The van der Waals surface area contributed by atoms with Gasteiger partial charge in [-0.25, -0.2) is 0 Å². The Morgan fingerprint density at radius 3 is 2.12 bits per heavy atom. The van der Waals surface area contributed by atoms with Gasteiger partial charge < -0.3 is 10.7 Å². The largest absolute Gasteiger partial charge is 0.385 e. The first-order chi connectivity index (χ1) is 8.12. The van der Waals surface area contributed by atoms with Gasteiger partial charge >= 0.3 is 0 Å². The maximum atomic E-state index is 5.71. The molecule has 1 heterocycles. The van der Waals surface area contributed by atoms with Crippen molar-refractivity contribution in [1.82, 2.24) is 4.98 Å². The lowest BCUT2D eigenvalue weighted by Crippen LogP contribution is -1.85. The zero-order chi connectivity index (χ0) is 13.8. The van der Waals surface area contributed by atoms with Gasteiger partial charge in [-0.2, -0.15) is 0 Å². The SMILES string of the molecule is C=Cc1c(/C=C\C)[nH]c(N)c1C.CC.CCC. The second-order valence-corrected chi connectivity index (χ2v) is 3.40. The van der Waals surface area contributed by atoms with E-state index < -0.39 is 0 Å². The molecule has 0 amide bonds. The van der Waals surface area contributed by atoms with Gasteiger partial charge in [0.15, 0.2) is 0 Å². The fourth-order valence-electron chi connectivity index (χ4n) is 1.21. The summed E-state index contributed by atoms with van der Waals surface area (Å²) in [5, 5.41) is 0. The van der Waals surface area contributed by atoms with Gasteiger partial charge in [0.2, 0.25) is 0 Å². The Bertz CT molecular complexity index is 333. The van der Waals surface area contributed by atoms with E-state index in [1.807, 2.05) is 45.9 Å². The van der Waals surface area contributed by atoms with Crippen LogP contribution in [0.15, 0.2) is 12.7 Å². The summed E-state index contributed by atoms with van der Waals surface area (Å²) >= 11 is 0. The van der Waals surface area contributed by atoms with Crippen LogP contribution in [-0.4, -0.2) is 4.98 Å². The van der Waals surface area contributed by atoms with Crippen molar-refractivity contribution in [3.05, 3.63) is 29.5 Å². The molecule has 17 heavy (non-hydrogen) atoms. The third kappa shape index (κ3) is 6.00. The van der Waals surface area contributed by atoms with Crippen LogP contribution < -0.4 is 5.73 Å². The summed E-state index contributed by atoms with van der Waals surface area (Å²) in [6.07, 6.45) is 7.02. The highest BCUT2D eigenvalue weighted by molar-refractivity contribution is 5.70. The van der Waals surface area contributed by atoms with Crippen LogP contribution in [0.25, 0.3) is 12.2 Å². The first kappa shape index (κ1) is 17.9. The van der Waals surface area contributed by atoms with Crippen LogP contribution in [0.5, 0.6) is 0 Å². The summed E-state index contributed by atoms with van der Waals surface area (Å²) in [5.74, 6) is 0.720. The fourth-order valence-corrected chi connectivity index (χ4v) is 1.21. The van der Waals surface area contributed by atoms with Crippen molar-refractivity contribution in [1.29, 1.82) is 0 Å². The summed E-state index contributed by atoms with van der Waals surface area (Å²) in [5.41, 5.74) is 8.90. The molecule has 0 saturated heterocycles. The molecule has 1 aromatic heterocycles. The molecule has 3 N–H and O–H groups in total. The normalized spacial score (nSPS) is 9.06. The molecule has 0 atom stereocenters. The molecule has 0 radical (unpaired) electrons. The molecule has 0 bridgehead atoms. The molecule has 1 aromatic rings. The number of allylic oxidation sites excluding steroid dienone is 1. The van der Waals surface area contributed by atoms with Gasteiger partial charge in [-0.3, -0.25) is 0 Å². The zero-order valence-electron chi connectivity index (χ0n) is 12.2. The van der Waals surface area contributed by atoms with Crippen molar-refractivity contribution in [2.75, 3.05) is 5.73 Å². The Balaban J connectivity index is 0. The molecule has 1 rings (SSSR count). The van der Waals surface area contributed by atoms with Crippen molar-refractivity contribution in [3.8, 4) is 0 Å². The minimum atomic E-state index is 0.720. The highest BCUT2D eigenvalue weighted by atomic mass is 14.9. The van der Waals surface area contributed by atoms with E-state index in [0.29, 0.717) is 0 Å². The van der Waals surface area contributed by atoms with E-state index >= 15 is 0 Å². The van der Waals surface area contributed by atoms with E-state index in [2.05, 4.69) is 25.4 Å². The number of anilines is 1. The number of aromatic nitrogens is 1. The van der Waals surface area contributed by atoms with Crippen LogP contribution in [0.2, 0.25) is 0 Å². The van der Waals surface area contributed by atoms with Crippen molar-refractivity contribution in [2.24, 2.45) is 0 Å². The maximum Gasteiger partial charge on any atom is 0.104 e. The Hall–Kier alpha value is -1.44. The molecule has 0 aromatic carbocycles. The summed E-state index contributed by atoms with van der Waals surface area (Å²) in [6.45, 7) is 15.9. The van der Waals surface area contributed by atoms with Crippen LogP contribution in [0.3, 0.4) is 0 Å². The van der Waals surface area contributed by atoms with Gasteiger partial charge in [-0.1, -0.05) is 52.8 Å². The summed E-state index contributed by atoms with van der Waals surface area (Å²) in [4.78, 5) is 3.08. The first-order valence-corrected chi connectivity index (χ1v) is 6.35. The second-order valence-electron chi connectivity index (χ2n) is 3.40. The molecular weight excluding hydrogens is 208 g/mol. The monoisotopic (exact) mass is 236 g/mol. The number of hydrogen-bond donors (Lipinski definition) is 2. The van der Waals surface area contributed by atoms with Gasteiger partial charge in [-0.15, -0.1) is 0 Å². The van der Waals surface area contributed by atoms with Gasteiger partial charge in [0.05, 0.1) is 0 Å². The lowest BCUT2D eigenvalue weighted by Gasteiger charge is -1.91. The first-order valence-electron chi connectivity index (χ1n) is 6.35. The molecule has 0 aliphatic carbocycles. The van der Waals surface area contributed by atoms with Crippen LogP contribution in [0.1, 0.15) is 57.9 Å². The Morgan fingerprint density at radius 2 is 1.76 bits per heavy atom. The molecule has 0 spiro atoms. The average molecular weight is 236 g/mol. The van der Waals surface area contributed by atoms with E-state index in [1.54, 1.807) is 0 Å². The number of rotatable bonds is 2. The molecule has 98 valence electrons. The van der Waals surface area contributed by atoms with E-state index in [0.717, 1.165) is 22.6 Å². The van der Waals surface area contributed by atoms with Crippen molar-refractivity contribution < 1.29 is 0 Å². The standard InChI is InChI=1S/C10H14N2.C3H8.C2H6/c1-4-6-9-8(5-2)7(3)10(11)12-9;1-3-2;1-2/h4-6,12H,2,11H2,1,3H3;3H2,1-2H3;1-2H3/b6-4-;;.